The molecule has 2 aliphatic heterocycles. The highest BCUT2D eigenvalue weighted by Crippen LogP contribution is 2.67. The number of cyclic esters (lactones) is 1. The molecule has 0 aromatic rings. The van der Waals surface area contributed by atoms with Crippen LogP contribution in [-0.4, -0.2) is 41.1 Å². The number of carbonyl (C=O) groups excluding carboxylic acids is 3. The number of Topliss-reactive ketones (excluding diaryl/α,β-unsaturated/α-hetero) is 1. The highest BCUT2D eigenvalue weighted by Gasteiger charge is 2.77. The molecule has 0 aromatic heterocycles. The summed E-state index contributed by atoms with van der Waals surface area (Å²) in [5.41, 5.74) is -3.15. The van der Waals surface area contributed by atoms with Gasteiger partial charge in [0.05, 0.1) is 18.9 Å². The molecule has 0 bridgehead atoms. The zero-order valence-corrected chi connectivity index (χ0v) is 12.5. The third-order valence-corrected chi connectivity index (χ3v) is 6.15. The fourth-order valence-electron chi connectivity index (χ4n) is 4.64. The van der Waals surface area contributed by atoms with Crippen molar-refractivity contribution in [2.75, 3.05) is 6.61 Å². The smallest absolute Gasteiger partial charge is 0.307 e. The zero-order chi connectivity index (χ0) is 15.6. The molecule has 0 aromatic carbocycles. The maximum Gasteiger partial charge on any atom is 0.307 e. The van der Waals surface area contributed by atoms with E-state index in [-0.39, 0.29) is 37.6 Å². The largest absolute Gasteiger partial charge is 0.464 e. The molecule has 0 radical (unpaired) electrons. The normalized spacial score (nSPS) is 49.0. The highest BCUT2D eigenvalue weighted by molar-refractivity contribution is 5.88. The Morgan fingerprint density at radius 3 is 2.52 bits per heavy atom. The van der Waals surface area contributed by atoms with E-state index in [4.69, 9.17) is 9.47 Å². The summed E-state index contributed by atoms with van der Waals surface area (Å²) in [6.07, 6.45) is -0.488. The number of hydrogen-bond donors (Lipinski definition) is 1. The minimum absolute atomic E-state index is 0.000162. The first-order chi connectivity index (χ1) is 9.68. The molecule has 3 aliphatic rings. The molecule has 0 amide bonds. The first-order valence-electron chi connectivity index (χ1n) is 7.25. The van der Waals surface area contributed by atoms with Crippen LogP contribution in [0, 0.1) is 16.7 Å². The van der Waals surface area contributed by atoms with Crippen molar-refractivity contribution in [3.63, 3.8) is 0 Å². The van der Waals surface area contributed by atoms with Crippen LogP contribution in [0.3, 0.4) is 0 Å². The maximum absolute atomic E-state index is 12.3. The standard InChI is InChI=1S/C15H20O6/c1-8-10(17)4-15-13(3,9(2)16)7-20-11(18)5-14(8,15)6-12(19)21-15/h8,10,17H,4-7H2,1-3H3/t8-,10-,13+,14+,15+/m1/s1. The Morgan fingerprint density at radius 2 is 1.90 bits per heavy atom. The van der Waals surface area contributed by atoms with E-state index in [2.05, 4.69) is 0 Å². The molecule has 21 heavy (non-hydrogen) atoms. The van der Waals surface area contributed by atoms with Gasteiger partial charge in [0.15, 0.2) is 0 Å². The second kappa shape index (κ2) is 4.06. The molecule has 6 nitrogen and oxygen atoms in total. The van der Waals surface area contributed by atoms with Crippen LogP contribution in [-0.2, 0) is 23.9 Å². The molecular formula is C15H20O6. The zero-order valence-electron chi connectivity index (χ0n) is 12.5. The molecule has 1 aliphatic carbocycles. The molecule has 3 fully saturated rings. The lowest BCUT2D eigenvalue weighted by molar-refractivity contribution is -0.178. The van der Waals surface area contributed by atoms with Gasteiger partial charge in [-0.15, -0.1) is 0 Å². The molecule has 2 heterocycles. The quantitative estimate of drug-likeness (QED) is 0.713. The van der Waals surface area contributed by atoms with Crippen molar-refractivity contribution >= 4 is 17.7 Å². The number of aliphatic hydroxyl groups is 1. The number of ether oxygens (including phenoxy) is 2. The second-order valence-electron chi connectivity index (χ2n) is 6.92. The van der Waals surface area contributed by atoms with Gasteiger partial charge in [-0.3, -0.25) is 14.4 Å². The van der Waals surface area contributed by atoms with Crippen LogP contribution in [0.4, 0.5) is 0 Å². The number of aliphatic hydroxyl groups excluding tert-OH is 1. The Labute approximate surface area is 122 Å². The van der Waals surface area contributed by atoms with Crippen LogP contribution < -0.4 is 0 Å². The highest BCUT2D eigenvalue weighted by atomic mass is 16.6. The summed E-state index contributed by atoms with van der Waals surface area (Å²) < 4.78 is 10.9. The predicted molar refractivity (Wildman–Crippen MR) is 70.0 cm³/mol. The van der Waals surface area contributed by atoms with Crippen LogP contribution in [0.5, 0.6) is 0 Å². The van der Waals surface area contributed by atoms with E-state index < -0.39 is 34.5 Å². The summed E-state index contributed by atoms with van der Waals surface area (Å²) in [6.45, 7) is 4.79. The Balaban J connectivity index is 2.26. The van der Waals surface area contributed by atoms with Crippen molar-refractivity contribution < 1.29 is 29.0 Å². The Bertz CT molecular complexity index is 542. The van der Waals surface area contributed by atoms with E-state index in [1.165, 1.54) is 6.92 Å². The van der Waals surface area contributed by atoms with Crippen LogP contribution in [0.2, 0.25) is 0 Å². The Morgan fingerprint density at radius 1 is 1.29 bits per heavy atom. The van der Waals surface area contributed by atoms with E-state index >= 15 is 0 Å². The van der Waals surface area contributed by atoms with Crippen LogP contribution in [0.25, 0.3) is 0 Å². The van der Waals surface area contributed by atoms with E-state index in [1.807, 2.05) is 6.92 Å². The summed E-state index contributed by atoms with van der Waals surface area (Å²) in [5.74, 6) is -1.36. The Hall–Kier alpha value is -1.43. The monoisotopic (exact) mass is 296 g/mol. The van der Waals surface area contributed by atoms with E-state index in [1.54, 1.807) is 6.92 Å². The number of hydrogen-bond acceptors (Lipinski definition) is 6. The van der Waals surface area contributed by atoms with Crippen LogP contribution in [0.1, 0.15) is 40.0 Å². The molecule has 3 rings (SSSR count). The Kier molecular flexibility index (Phi) is 2.81. The lowest BCUT2D eigenvalue weighted by atomic mass is 9.57. The topological polar surface area (TPSA) is 89.9 Å². The molecule has 2 saturated heterocycles. The van der Waals surface area contributed by atoms with Crippen molar-refractivity contribution in [3.05, 3.63) is 0 Å². The number of esters is 2. The molecular weight excluding hydrogens is 276 g/mol. The lowest BCUT2D eigenvalue weighted by Gasteiger charge is -2.47. The first-order valence-corrected chi connectivity index (χ1v) is 7.25. The average Bonchev–Trinajstić information content (AvgIpc) is 2.74. The van der Waals surface area contributed by atoms with Gasteiger partial charge in [-0.05, 0) is 19.8 Å². The molecule has 0 spiro atoms. The van der Waals surface area contributed by atoms with Crippen molar-refractivity contribution in [3.8, 4) is 0 Å². The fourth-order valence-corrected chi connectivity index (χ4v) is 4.64. The van der Waals surface area contributed by atoms with E-state index in [9.17, 15) is 19.5 Å². The van der Waals surface area contributed by atoms with Crippen molar-refractivity contribution in [2.24, 2.45) is 16.7 Å². The average molecular weight is 296 g/mol. The maximum atomic E-state index is 12.3. The van der Waals surface area contributed by atoms with Crippen molar-refractivity contribution in [1.82, 2.24) is 0 Å². The van der Waals surface area contributed by atoms with Crippen molar-refractivity contribution in [2.45, 2.75) is 51.7 Å². The summed E-state index contributed by atoms with van der Waals surface area (Å²) in [6, 6.07) is 0. The molecule has 6 heteroatoms. The summed E-state index contributed by atoms with van der Waals surface area (Å²) in [5, 5.41) is 10.3. The van der Waals surface area contributed by atoms with Gasteiger partial charge in [-0.1, -0.05) is 6.92 Å². The summed E-state index contributed by atoms with van der Waals surface area (Å²) >= 11 is 0. The summed E-state index contributed by atoms with van der Waals surface area (Å²) in [4.78, 5) is 36.4. The minimum atomic E-state index is -1.16. The van der Waals surface area contributed by atoms with Gasteiger partial charge in [0.25, 0.3) is 0 Å². The van der Waals surface area contributed by atoms with E-state index in [0.717, 1.165) is 0 Å². The molecule has 1 saturated carbocycles. The van der Waals surface area contributed by atoms with Crippen LogP contribution in [0.15, 0.2) is 0 Å². The van der Waals surface area contributed by atoms with E-state index in [0.29, 0.717) is 0 Å². The van der Waals surface area contributed by atoms with Gasteiger partial charge in [-0.2, -0.15) is 0 Å². The fraction of sp³-hybridized carbons (Fsp3) is 0.800. The van der Waals surface area contributed by atoms with Gasteiger partial charge in [0.1, 0.15) is 23.4 Å². The predicted octanol–water partition coefficient (Wildman–Crippen LogP) is 0.601. The number of rotatable bonds is 1. The third kappa shape index (κ3) is 1.49. The second-order valence-corrected chi connectivity index (χ2v) is 6.92. The number of carbonyl (C=O) groups is 3. The molecule has 116 valence electrons. The van der Waals surface area contributed by atoms with Gasteiger partial charge in [0, 0.05) is 11.8 Å². The minimum Gasteiger partial charge on any atom is -0.464 e. The van der Waals surface area contributed by atoms with Gasteiger partial charge < -0.3 is 14.6 Å². The lowest BCUT2D eigenvalue weighted by Crippen LogP contribution is -2.58. The van der Waals surface area contributed by atoms with Crippen molar-refractivity contribution in [1.29, 1.82) is 0 Å². The number of ketones is 1. The third-order valence-electron chi connectivity index (χ3n) is 6.15. The van der Waals surface area contributed by atoms with Crippen LogP contribution >= 0.6 is 0 Å². The SMILES string of the molecule is CC(=O)[C@]1(C)COC(=O)C[C@@]23CC(=O)O[C@]21C[C@@H](O)[C@H]3C. The molecule has 1 N–H and O–H groups in total. The van der Waals surface area contributed by atoms with Gasteiger partial charge >= 0.3 is 11.9 Å². The van der Waals surface area contributed by atoms with Gasteiger partial charge in [-0.25, -0.2) is 0 Å². The summed E-state index contributed by atoms with van der Waals surface area (Å²) in [7, 11) is 0. The first kappa shape index (κ1) is 14.5. The van der Waals surface area contributed by atoms with Gasteiger partial charge in [0.2, 0.25) is 0 Å². The molecule has 5 atom stereocenters. The molecule has 0 unspecified atom stereocenters.